The molecule has 10 nitrogen and oxygen atoms in total. The second kappa shape index (κ2) is 9.05. The quantitative estimate of drug-likeness (QED) is 0.305. The van der Waals surface area contributed by atoms with E-state index in [1.807, 2.05) is 34.6 Å². The number of benzene rings is 1. The largest absolute Gasteiger partial charge is 0.507 e. The number of aliphatic hydroxyl groups excluding tert-OH is 1. The molecule has 1 spiro atoms. The van der Waals surface area contributed by atoms with Crippen LogP contribution in [0.2, 0.25) is 0 Å². The molecule has 1 saturated carbocycles. The monoisotopic (exact) mass is 608 g/mol. The normalized spacial score (nSPS) is 34.4. The highest BCUT2D eigenvalue weighted by molar-refractivity contribution is 6.20. The molecule has 0 aromatic heterocycles. The second-order valence-electron chi connectivity index (χ2n) is 14.1. The number of phenols is 1. The summed E-state index contributed by atoms with van der Waals surface area (Å²) >= 11 is 0. The molecule has 44 heavy (non-hydrogen) atoms. The third-order valence-corrected chi connectivity index (χ3v) is 10.9. The lowest BCUT2D eigenvalue weighted by Gasteiger charge is -2.59. The minimum Gasteiger partial charge on any atom is -0.507 e. The van der Waals surface area contributed by atoms with Crippen LogP contribution < -0.4 is 9.47 Å². The molecular weight excluding hydrogens is 568 g/mol. The number of aliphatic hydroxyl groups is 1. The van der Waals surface area contributed by atoms with Crippen LogP contribution in [0.4, 0.5) is 0 Å². The van der Waals surface area contributed by atoms with Crippen molar-refractivity contribution in [3.05, 3.63) is 52.1 Å². The van der Waals surface area contributed by atoms with E-state index >= 15 is 0 Å². The van der Waals surface area contributed by atoms with Crippen LogP contribution in [0.15, 0.2) is 35.5 Å². The summed E-state index contributed by atoms with van der Waals surface area (Å²) in [6.07, 6.45) is 1.50. The van der Waals surface area contributed by atoms with Gasteiger partial charge in [-0.05, 0) is 47.1 Å². The molecule has 0 radical (unpaired) electrons. The Kier molecular flexibility index (Phi) is 6.28. The van der Waals surface area contributed by atoms with E-state index in [0.29, 0.717) is 16.9 Å². The number of carboxylic acids is 1. The number of rotatable bonds is 7. The number of ether oxygens (including phenoxy) is 4. The molecule has 7 rings (SSSR count). The lowest BCUT2D eigenvalue weighted by Crippen LogP contribution is -2.77. The highest BCUT2D eigenvalue weighted by Gasteiger charge is 2.84. The van der Waals surface area contributed by atoms with Crippen LogP contribution >= 0.6 is 0 Å². The molecule has 0 unspecified atom stereocenters. The van der Waals surface area contributed by atoms with E-state index in [9.17, 15) is 29.7 Å². The number of phenolic OH excluding ortho intramolecular Hbond substituents is 1. The van der Waals surface area contributed by atoms with Gasteiger partial charge in [-0.25, -0.2) is 4.79 Å². The average molecular weight is 609 g/mol. The second-order valence-corrected chi connectivity index (χ2v) is 14.1. The van der Waals surface area contributed by atoms with Gasteiger partial charge in [0.15, 0.2) is 17.0 Å². The average Bonchev–Trinajstić information content (AvgIpc) is 3.27. The van der Waals surface area contributed by atoms with Crippen LogP contribution in [0.1, 0.15) is 82.8 Å². The van der Waals surface area contributed by atoms with E-state index in [-0.39, 0.29) is 53.0 Å². The topological polar surface area (TPSA) is 149 Å². The molecule has 3 aliphatic heterocycles. The Labute approximate surface area is 256 Å². The first-order valence-electron chi connectivity index (χ1n) is 14.9. The van der Waals surface area contributed by atoms with E-state index in [1.165, 1.54) is 26.2 Å². The zero-order valence-electron chi connectivity index (χ0n) is 26.4. The van der Waals surface area contributed by atoms with E-state index in [4.69, 9.17) is 18.9 Å². The van der Waals surface area contributed by atoms with Crippen molar-refractivity contribution in [2.45, 2.75) is 108 Å². The van der Waals surface area contributed by atoms with Gasteiger partial charge in [0.05, 0.1) is 11.7 Å². The molecule has 236 valence electrons. The number of carbonyl (C=O) groups excluding carboxylic acids is 2. The third-order valence-electron chi connectivity index (χ3n) is 10.9. The molecule has 1 saturated heterocycles. The minimum absolute atomic E-state index is 0.0111. The Balaban J connectivity index is 1.69. The van der Waals surface area contributed by atoms with Gasteiger partial charge in [-0.2, -0.15) is 0 Å². The van der Waals surface area contributed by atoms with Crippen LogP contribution in [0.25, 0.3) is 0 Å². The first kappa shape index (κ1) is 30.6. The molecule has 0 amide bonds. The van der Waals surface area contributed by atoms with Crippen LogP contribution in [0.3, 0.4) is 0 Å². The number of hydrogen-bond acceptors (Lipinski definition) is 9. The predicted molar refractivity (Wildman–Crippen MR) is 158 cm³/mol. The first-order valence-corrected chi connectivity index (χ1v) is 14.9. The van der Waals surface area contributed by atoms with Gasteiger partial charge in [-0.3, -0.25) is 9.59 Å². The van der Waals surface area contributed by atoms with Crippen molar-refractivity contribution in [3.8, 4) is 17.2 Å². The number of ketones is 2. The highest BCUT2D eigenvalue weighted by atomic mass is 16.6. The number of fused-ring (bicyclic) bond motifs is 3. The van der Waals surface area contributed by atoms with E-state index in [2.05, 4.69) is 6.58 Å². The van der Waals surface area contributed by atoms with Crippen molar-refractivity contribution in [3.63, 3.8) is 0 Å². The Hall–Kier alpha value is -3.47. The number of methoxy groups -OCH3 is 1. The van der Waals surface area contributed by atoms with Crippen molar-refractivity contribution in [1.29, 1.82) is 0 Å². The number of carbonyl (C=O) groups is 3. The molecule has 1 aromatic rings. The summed E-state index contributed by atoms with van der Waals surface area (Å²) in [5, 5.41) is 32.2. The fourth-order valence-corrected chi connectivity index (χ4v) is 8.08. The summed E-state index contributed by atoms with van der Waals surface area (Å²) in [6.45, 7) is 16.4. The molecule has 4 bridgehead atoms. The number of Topliss-reactive ketones (excluding diaryl/α,β-unsaturated/α-hetero) is 2. The Morgan fingerprint density at radius 1 is 1.20 bits per heavy atom. The lowest BCUT2D eigenvalue weighted by atomic mass is 9.49. The molecule has 1 aromatic carbocycles. The molecule has 3 heterocycles. The van der Waals surface area contributed by atoms with Crippen molar-refractivity contribution < 1.29 is 48.7 Å². The maximum Gasteiger partial charge on any atom is 0.330 e. The maximum atomic E-state index is 14.8. The summed E-state index contributed by atoms with van der Waals surface area (Å²) in [6, 6.07) is 0. The maximum absolute atomic E-state index is 14.8. The van der Waals surface area contributed by atoms with Crippen LogP contribution in [-0.2, 0) is 30.9 Å². The van der Waals surface area contributed by atoms with Crippen LogP contribution in [-0.4, -0.2) is 74.6 Å². The van der Waals surface area contributed by atoms with E-state index < -0.39 is 63.5 Å². The summed E-state index contributed by atoms with van der Waals surface area (Å²) in [5.41, 5.74) is -5.32. The number of hydrogen-bond donors (Lipinski definition) is 3. The summed E-state index contributed by atoms with van der Waals surface area (Å²) in [7, 11) is 1.40. The lowest BCUT2D eigenvalue weighted by molar-refractivity contribution is -0.190. The Bertz CT molecular complexity index is 1630. The van der Waals surface area contributed by atoms with Gasteiger partial charge in [0.25, 0.3) is 0 Å². The first-order chi connectivity index (χ1) is 20.3. The molecule has 10 heteroatoms. The predicted octanol–water partition coefficient (Wildman–Crippen LogP) is 4.13. The fourth-order valence-electron chi connectivity index (χ4n) is 8.08. The molecular formula is C34H40O10. The number of carboxylic acid groups (broad SMARTS) is 1. The van der Waals surface area contributed by atoms with E-state index in [0.717, 1.165) is 0 Å². The summed E-state index contributed by atoms with van der Waals surface area (Å²) in [5.74, 6) is -2.64. The van der Waals surface area contributed by atoms with Gasteiger partial charge in [-0.15, -0.1) is 0 Å². The van der Waals surface area contributed by atoms with Gasteiger partial charge in [0, 0.05) is 53.6 Å². The molecule has 2 fully saturated rings. The Morgan fingerprint density at radius 3 is 2.45 bits per heavy atom. The summed E-state index contributed by atoms with van der Waals surface area (Å²) < 4.78 is 26.0. The molecule has 3 N–H and O–H groups in total. The van der Waals surface area contributed by atoms with Crippen LogP contribution in [0, 0.1) is 5.92 Å². The van der Waals surface area contributed by atoms with Gasteiger partial charge >= 0.3 is 5.97 Å². The van der Waals surface area contributed by atoms with Crippen molar-refractivity contribution in [1.82, 2.24) is 0 Å². The smallest absolute Gasteiger partial charge is 0.330 e. The third kappa shape index (κ3) is 3.44. The van der Waals surface area contributed by atoms with E-state index in [1.54, 1.807) is 6.92 Å². The van der Waals surface area contributed by atoms with Gasteiger partial charge < -0.3 is 34.3 Å². The van der Waals surface area contributed by atoms with Gasteiger partial charge in [-0.1, -0.05) is 32.1 Å². The van der Waals surface area contributed by atoms with Crippen molar-refractivity contribution in [2.24, 2.45) is 5.92 Å². The van der Waals surface area contributed by atoms with Crippen molar-refractivity contribution >= 4 is 17.5 Å². The molecule has 6 aliphatic rings. The summed E-state index contributed by atoms with van der Waals surface area (Å²) in [4.78, 5) is 41.2. The number of aromatic hydroxyl groups is 1. The minimum atomic E-state index is -1.81. The molecule has 6 atom stereocenters. The van der Waals surface area contributed by atoms with Gasteiger partial charge in [0.1, 0.15) is 34.5 Å². The Morgan fingerprint density at radius 2 is 1.86 bits per heavy atom. The zero-order chi connectivity index (χ0) is 32.5. The molecule has 3 aliphatic carbocycles. The zero-order valence-corrected chi connectivity index (χ0v) is 26.4. The SMILES string of the molecule is C=C(C)[C@H](O)Cc1c(O)c2c(c3c1O[C@H](C)C3(C)C)O[C@@]13C(=C[C@@]4(OC)C[C@@H]1C(C)(C)O[C@]3(C/C=C(/C)C(=O)O)C4=O)C2=O. The standard InChI is InChI=1S/C34H40O10/c1-15(2)20(35)12-18-24(36)22-25(37)19-13-32(41-9)14-21-31(7,8)44-33(29(32)40,11-10-16(3)28(38)39)34(19,21)43-27(22)23-26(18)42-17(4)30(23,5)6/h10,13,17,20-21,35-36H,1,11-12,14H2,2-9H3,(H,38,39)/b16-10-/t17-,20-,21-,32-,33-,34+/m1/s1. The highest BCUT2D eigenvalue weighted by Crippen LogP contribution is 2.70. The van der Waals surface area contributed by atoms with Crippen molar-refractivity contribution in [2.75, 3.05) is 7.11 Å². The number of aliphatic carboxylic acids is 1. The van der Waals surface area contributed by atoms with Crippen LogP contribution in [0.5, 0.6) is 17.2 Å². The van der Waals surface area contributed by atoms with Gasteiger partial charge in [0.2, 0.25) is 5.78 Å². The fraction of sp³-hybridized carbons (Fsp3) is 0.559.